The van der Waals surface area contributed by atoms with Crippen LogP contribution in [0.5, 0.6) is 0 Å². The van der Waals surface area contributed by atoms with Crippen molar-refractivity contribution in [2.45, 2.75) is 20.8 Å². The SMILES string of the molecule is CCN(/C=C(\C(C)=O)c1ccccc1)CC. The van der Waals surface area contributed by atoms with Gasteiger partial charge in [0.1, 0.15) is 0 Å². The van der Waals surface area contributed by atoms with Crippen LogP contribution in [-0.4, -0.2) is 23.8 Å². The molecule has 0 heterocycles. The van der Waals surface area contributed by atoms with E-state index in [4.69, 9.17) is 0 Å². The first-order valence-corrected chi connectivity index (χ1v) is 5.71. The molecule has 0 bridgehead atoms. The molecule has 0 unspecified atom stereocenters. The van der Waals surface area contributed by atoms with E-state index in [1.807, 2.05) is 36.5 Å². The molecule has 0 aliphatic rings. The van der Waals surface area contributed by atoms with Gasteiger partial charge < -0.3 is 4.90 Å². The summed E-state index contributed by atoms with van der Waals surface area (Å²) >= 11 is 0. The minimum atomic E-state index is 0.109. The first-order valence-electron chi connectivity index (χ1n) is 5.71. The molecule has 0 amide bonds. The zero-order valence-electron chi connectivity index (χ0n) is 10.2. The lowest BCUT2D eigenvalue weighted by Crippen LogP contribution is -2.17. The summed E-state index contributed by atoms with van der Waals surface area (Å²) in [7, 11) is 0. The predicted octanol–water partition coefficient (Wildman–Crippen LogP) is 2.96. The van der Waals surface area contributed by atoms with Gasteiger partial charge in [-0.3, -0.25) is 4.79 Å². The Bertz CT molecular complexity index is 364. The number of carbonyl (C=O) groups excluding carboxylic acids is 1. The third-order valence-electron chi connectivity index (χ3n) is 2.59. The summed E-state index contributed by atoms with van der Waals surface area (Å²) < 4.78 is 0. The van der Waals surface area contributed by atoms with Gasteiger partial charge >= 0.3 is 0 Å². The van der Waals surface area contributed by atoms with Crippen LogP contribution in [0.1, 0.15) is 26.3 Å². The summed E-state index contributed by atoms with van der Waals surface area (Å²) in [5, 5.41) is 0. The van der Waals surface area contributed by atoms with Crippen molar-refractivity contribution < 1.29 is 4.79 Å². The van der Waals surface area contributed by atoms with Gasteiger partial charge in [0, 0.05) is 24.9 Å². The van der Waals surface area contributed by atoms with Gasteiger partial charge in [-0.25, -0.2) is 0 Å². The van der Waals surface area contributed by atoms with Crippen LogP contribution in [0.15, 0.2) is 36.5 Å². The summed E-state index contributed by atoms with van der Waals surface area (Å²) in [6, 6.07) is 9.80. The molecule has 0 aliphatic heterocycles. The molecule has 0 spiro atoms. The molecule has 0 atom stereocenters. The number of ketones is 1. The van der Waals surface area contributed by atoms with E-state index in [1.54, 1.807) is 6.92 Å². The summed E-state index contributed by atoms with van der Waals surface area (Å²) in [4.78, 5) is 13.7. The largest absolute Gasteiger partial charge is 0.377 e. The quantitative estimate of drug-likeness (QED) is 0.707. The molecule has 16 heavy (non-hydrogen) atoms. The van der Waals surface area contributed by atoms with Crippen LogP contribution >= 0.6 is 0 Å². The highest BCUT2D eigenvalue weighted by Gasteiger charge is 2.07. The lowest BCUT2D eigenvalue weighted by molar-refractivity contribution is -0.111. The molecule has 1 aromatic carbocycles. The Morgan fingerprint density at radius 1 is 1.19 bits per heavy atom. The number of carbonyl (C=O) groups is 1. The van der Waals surface area contributed by atoms with Gasteiger partial charge in [-0.15, -0.1) is 0 Å². The lowest BCUT2D eigenvalue weighted by Gasteiger charge is -2.17. The Hall–Kier alpha value is -1.57. The van der Waals surface area contributed by atoms with E-state index in [1.165, 1.54) is 0 Å². The molecule has 2 nitrogen and oxygen atoms in total. The number of nitrogens with zero attached hydrogens (tertiary/aromatic N) is 1. The second-order valence-electron chi connectivity index (χ2n) is 3.69. The van der Waals surface area contributed by atoms with Crippen LogP contribution in [0, 0.1) is 0 Å². The van der Waals surface area contributed by atoms with Crippen LogP contribution in [0.3, 0.4) is 0 Å². The number of hydrogen-bond donors (Lipinski definition) is 0. The van der Waals surface area contributed by atoms with E-state index in [0.717, 1.165) is 24.2 Å². The van der Waals surface area contributed by atoms with Crippen LogP contribution in [0.2, 0.25) is 0 Å². The van der Waals surface area contributed by atoms with Crippen molar-refractivity contribution >= 4 is 11.4 Å². The van der Waals surface area contributed by atoms with Crippen LogP contribution in [-0.2, 0) is 4.79 Å². The fraction of sp³-hybridized carbons (Fsp3) is 0.357. The number of allylic oxidation sites excluding steroid dienone is 1. The number of rotatable bonds is 5. The average Bonchev–Trinajstić information content (AvgIpc) is 2.31. The molecule has 0 N–H and O–H groups in total. The fourth-order valence-electron chi connectivity index (χ4n) is 1.58. The second kappa shape index (κ2) is 6.11. The minimum Gasteiger partial charge on any atom is -0.377 e. The van der Waals surface area contributed by atoms with Gasteiger partial charge in [-0.2, -0.15) is 0 Å². The maximum atomic E-state index is 11.6. The van der Waals surface area contributed by atoms with Crippen molar-refractivity contribution in [3.05, 3.63) is 42.1 Å². The third-order valence-corrected chi connectivity index (χ3v) is 2.59. The van der Waals surface area contributed by atoms with Crippen molar-refractivity contribution in [3.8, 4) is 0 Å². The minimum absolute atomic E-state index is 0.109. The molecule has 1 aromatic rings. The Labute approximate surface area is 97.6 Å². The molecule has 0 saturated heterocycles. The maximum absolute atomic E-state index is 11.6. The van der Waals surface area contributed by atoms with Gasteiger partial charge in [0.15, 0.2) is 5.78 Å². The molecule has 2 heteroatoms. The van der Waals surface area contributed by atoms with E-state index < -0.39 is 0 Å². The standard InChI is InChI=1S/C14H19NO/c1-4-15(5-2)11-14(12(3)16)13-9-7-6-8-10-13/h6-11H,4-5H2,1-3H3/b14-11+. The molecule has 0 fully saturated rings. The van der Waals surface area contributed by atoms with Gasteiger partial charge in [0.25, 0.3) is 0 Å². The molecule has 0 aliphatic carbocycles. The van der Waals surface area contributed by atoms with Gasteiger partial charge in [0.05, 0.1) is 0 Å². The molecule has 0 radical (unpaired) electrons. The van der Waals surface area contributed by atoms with Crippen molar-refractivity contribution in [2.75, 3.05) is 13.1 Å². The highest BCUT2D eigenvalue weighted by Crippen LogP contribution is 2.15. The smallest absolute Gasteiger partial charge is 0.161 e. The van der Waals surface area contributed by atoms with E-state index in [9.17, 15) is 4.79 Å². The summed E-state index contributed by atoms with van der Waals surface area (Å²) in [5.41, 5.74) is 1.77. The number of hydrogen-bond acceptors (Lipinski definition) is 2. The number of benzene rings is 1. The second-order valence-corrected chi connectivity index (χ2v) is 3.69. The maximum Gasteiger partial charge on any atom is 0.161 e. The first kappa shape index (κ1) is 12.5. The molecule has 0 saturated carbocycles. The van der Waals surface area contributed by atoms with Crippen LogP contribution in [0.25, 0.3) is 5.57 Å². The van der Waals surface area contributed by atoms with Crippen molar-refractivity contribution in [2.24, 2.45) is 0 Å². The van der Waals surface area contributed by atoms with E-state index in [0.29, 0.717) is 0 Å². The highest BCUT2D eigenvalue weighted by atomic mass is 16.1. The van der Waals surface area contributed by atoms with E-state index >= 15 is 0 Å². The van der Waals surface area contributed by atoms with Crippen molar-refractivity contribution in [1.82, 2.24) is 4.90 Å². The Kier molecular flexibility index (Phi) is 4.77. The fourth-order valence-corrected chi connectivity index (χ4v) is 1.58. The highest BCUT2D eigenvalue weighted by molar-refractivity contribution is 6.19. The lowest BCUT2D eigenvalue weighted by atomic mass is 10.0. The Morgan fingerprint density at radius 2 is 1.75 bits per heavy atom. The molecular weight excluding hydrogens is 198 g/mol. The van der Waals surface area contributed by atoms with E-state index in [-0.39, 0.29) is 5.78 Å². The zero-order chi connectivity index (χ0) is 12.0. The first-order chi connectivity index (χ1) is 7.69. The summed E-state index contributed by atoms with van der Waals surface area (Å²) in [6.45, 7) is 7.62. The van der Waals surface area contributed by atoms with Gasteiger partial charge in [0.2, 0.25) is 0 Å². The topological polar surface area (TPSA) is 20.3 Å². The zero-order valence-corrected chi connectivity index (χ0v) is 10.2. The average molecular weight is 217 g/mol. The number of Topliss-reactive ketones (excluding diaryl/α,β-unsaturated/α-hetero) is 1. The molecular formula is C14H19NO. The third kappa shape index (κ3) is 3.23. The summed E-state index contributed by atoms with van der Waals surface area (Å²) in [5.74, 6) is 0.109. The Morgan fingerprint density at radius 3 is 2.19 bits per heavy atom. The van der Waals surface area contributed by atoms with Gasteiger partial charge in [-0.1, -0.05) is 30.3 Å². The van der Waals surface area contributed by atoms with Gasteiger partial charge in [-0.05, 0) is 26.3 Å². The normalized spacial score (nSPS) is 11.3. The molecule has 0 aromatic heterocycles. The van der Waals surface area contributed by atoms with Crippen LogP contribution < -0.4 is 0 Å². The van der Waals surface area contributed by atoms with Crippen molar-refractivity contribution in [3.63, 3.8) is 0 Å². The van der Waals surface area contributed by atoms with E-state index in [2.05, 4.69) is 18.7 Å². The molecule has 1 rings (SSSR count). The summed E-state index contributed by atoms with van der Waals surface area (Å²) in [6.07, 6.45) is 1.96. The van der Waals surface area contributed by atoms with Crippen molar-refractivity contribution in [1.29, 1.82) is 0 Å². The predicted molar refractivity (Wildman–Crippen MR) is 68.0 cm³/mol. The monoisotopic (exact) mass is 217 g/mol. The molecule has 86 valence electrons. The Balaban J connectivity index is 3.05. The van der Waals surface area contributed by atoms with Crippen LogP contribution in [0.4, 0.5) is 0 Å².